The number of carbonyl (C=O) groups excluding carboxylic acids is 3. The molecule has 5 aromatic rings. The molecule has 0 aliphatic rings. The number of aliphatic hydroxyl groups is 1. The van der Waals surface area contributed by atoms with Gasteiger partial charge < -0.3 is 30.0 Å². The zero-order valence-corrected chi connectivity index (χ0v) is 34.1. The maximum absolute atomic E-state index is 13.9. The van der Waals surface area contributed by atoms with E-state index >= 15 is 0 Å². The highest BCUT2D eigenvalue weighted by Crippen LogP contribution is 2.20. The van der Waals surface area contributed by atoms with E-state index in [1.807, 2.05) is 140 Å². The first kappa shape index (κ1) is 44.6. The average molecular weight is 809 g/mol. The van der Waals surface area contributed by atoms with Crippen LogP contribution >= 0.6 is 0 Å². The molecule has 0 spiro atoms. The maximum atomic E-state index is 13.9. The Morgan fingerprint density at radius 2 is 1.00 bits per heavy atom. The van der Waals surface area contributed by atoms with Gasteiger partial charge in [0.2, 0.25) is 11.8 Å². The topological polar surface area (TPSA) is 123 Å². The molecule has 4 atom stereocenters. The molecule has 9 heteroatoms. The molecule has 0 radical (unpaired) electrons. The Kier molecular flexibility index (Phi) is 18.2. The number of nitrogens with one attached hydrogen (secondary N) is 2. The van der Waals surface area contributed by atoms with Crippen molar-refractivity contribution in [2.45, 2.75) is 63.8 Å². The molecule has 0 heterocycles. The van der Waals surface area contributed by atoms with Crippen molar-refractivity contribution in [1.82, 2.24) is 10.6 Å². The Labute approximate surface area is 354 Å². The molecule has 0 fully saturated rings. The summed E-state index contributed by atoms with van der Waals surface area (Å²) in [5.41, 5.74) is 4.94. The fraction of sp³-hybridized carbons (Fsp3) is 0.275. The minimum atomic E-state index is -0.749. The van der Waals surface area contributed by atoms with E-state index < -0.39 is 23.9 Å². The summed E-state index contributed by atoms with van der Waals surface area (Å²) in [5, 5.41) is 16.1. The molecule has 60 heavy (non-hydrogen) atoms. The molecule has 0 aliphatic carbocycles. The molecule has 0 bridgehead atoms. The molecule has 0 aliphatic heterocycles. The van der Waals surface area contributed by atoms with Crippen molar-refractivity contribution in [3.63, 3.8) is 0 Å². The first-order valence-electron chi connectivity index (χ1n) is 20.5. The lowest BCUT2D eigenvalue weighted by atomic mass is 9.96. The third-order valence-corrected chi connectivity index (χ3v) is 10.0. The van der Waals surface area contributed by atoms with Gasteiger partial charge in [0.1, 0.15) is 31.3 Å². The Balaban J connectivity index is 1.20. The van der Waals surface area contributed by atoms with Crippen LogP contribution in [0, 0.1) is 11.8 Å². The number of aliphatic hydroxyl groups excluding tert-OH is 1. The van der Waals surface area contributed by atoms with Crippen molar-refractivity contribution < 1.29 is 33.7 Å². The summed E-state index contributed by atoms with van der Waals surface area (Å²) < 4.78 is 17.8. The van der Waals surface area contributed by atoms with Crippen molar-refractivity contribution >= 4 is 17.8 Å². The predicted octanol–water partition coefficient (Wildman–Crippen LogP) is 8.15. The van der Waals surface area contributed by atoms with Gasteiger partial charge in [-0.25, -0.2) is 0 Å². The van der Waals surface area contributed by atoms with Crippen LogP contribution in [-0.2, 0) is 51.6 Å². The van der Waals surface area contributed by atoms with Crippen LogP contribution in [0.2, 0.25) is 0 Å². The summed E-state index contributed by atoms with van der Waals surface area (Å²) in [4.78, 5) is 40.8. The second-order valence-electron chi connectivity index (χ2n) is 14.9. The molecule has 312 valence electrons. The van der Waals surface area contributed by atoms with E-state index in [9.17, 15) is 19.5 Å². The van der Waals surface area contributed by atoms with Crippen molar-refractivity contribution in [3.8, 4) is 11.5 Å². The summed E-state index contributed by atoms with van der Waals surface area (Å²) in [5.74, 6) is -0.896. The SMILES string of the molecule is C=CC[C@H](CC(=O)N[C@H](CO)Cc1ccc(OCc2ccccc2)cc1)C(=O)N[C@H](COC(=O)[C@H](CC=C)Cc1ccccc1)Cc1ccc(OCc2ccccc2)cc1. The molecule has 0 saturated heterocycles. The van der Waals surface area contributed by atoms with Gasteiger partial charge in [0.05, 0.1) is 30.5 Å². The predicted molar refractivity (Wildman–Crippen MR) is 235 cm³/mol. The van der Waals surface area contributed by atoms with Crippen LogP contribution in [-0.4, -0.2) is 48.2 Å². The Morgan fingerprint density at radius 1 is 0.550 bits per heavy atom. The molecule has 9 nitrogen and oxygen atoms in total. The maximum Gasteiger partial charge on any atom is 0.309 e. The minimum absolute atomic E-state index is 0.0745. The summed E-state index contributed by atoms with van der Waals surface area (Å²) in [6.45, 7) is 8.19. The van der Waals surface area contributed by atoms with Crippen LogP contribution in [0.3, 0.4) is 0 Å². The zero-order chi connectivity index (χ0) is 42.4. The Bertz CT molecular complexity index is 2060. The number of esters is 1. The van der Waals surface area contributed by atoms with Crippen LogP contribution in [0.4, 0.5) is 0 Å². The van der Waals surface area contributed by atoms with Crippen molar-refractivity contribution in [2.24, 2.45) is 11.8 Å². The standard InChI is InChI=1S/C51H56N2O7/c1-3-14-43(33-49(55)52-45(34-54)31-39-22-26-47(27-23-39)58-35-41-18-10-6-11-19-41)50(56)53-46(37-60-51(57)44(15-4-2)30-38-16-8-5-9-17-38)32-40-24-28-48(29-25-40)59-36-42-20-12-7-13-21-42/h3-13,16-29,43-46,54H,1-2,14-15,30-37H2,(H,52,55)(H,53,56)/t43-,44-,45+,46+/m1/s1. The third-order valence-electron chi connectivity index (χ3n) is 10.0. The summed E-state index contributed by atoms with van der Waals surface area (Å²) in [6, 6.07) is 43.5. The summed E-state index contributed by atoms with van der Waals surface area (Å²) in [6.07, 6.45) is 5.11. The number of benzene rings is 5. The fourth-order valence-electron chi connectivity index (χ4n) is 6.78. The van der Waals surface area contributed by atoms with Crippen molar-refractivity contribution in [2.75, 3.05) is 13.2 Å². The highest BCUT2D eigenvalue weighted by atomic mass is 16.5. The minimum Gasteiger partial charge on any atom is -0.489 e. The van der Waals surface area contributed by atoms with E-state index in [1.165, 1.54) is 0 Å². The molecule has 2 amide bonds. The molecule has 3 N–H and O–H groups in total. The van der Waals surface area contributed by atoms with E-state index in [2.05, 4.69) is 23.8 Å². The first-order chi connectivity index (χ1) is 29.3. The van der Waals surface area contributed by atoms with Crippen LogP contribution in [0.25, 0.3) is 0 Å². The number of ether oxygens (including phenoxy) is 3. The molecular formula is C51H56N2O7. The number of allylic oxidation sites excluding steroid dienone is 2. The van der Waals surface area contributed by atoms with E-state index in [0.29, 0.717) is 50.4 Å². The van der Waals surface area contributed by atoms with Gasteiger partial charge in [-0.15, -0.1) is 13.2 Å². The fourth-order valence-corrected chi connectivity index (χ4v) is 6.78. The Morgan fingerprint density at radius 3 is 1.48 bits per heavy atom. The van der Waals surface area contributed by atoms with Gasteiger partial charge in [-0.3, -0.25) is 14.4 Å². The van der Waals surface area contributed by atoms with Gasteiger partial charge in [0.15, 0.2) is 0 Å². The van der Waals surface area contributed by atoms with Crippen LogP contribution < -0.4 is 20.1 Å². The van der Waals surface area contributed by atoms with Crippen LogP contribution in [0.15, 0.2) is 165 Å². The monoisotopic (exact) mass is 808 g/mol. The van der Waals surface area contributed by atoms with Crippen LogP contribution in [0.1, 0.15) is 47.1 Å². The quantitative estimate of drug-likeness (QED) is 0.0402. The number of carbonyl (C=O) groups is 3. The van der Waals surface area contributed by atoms with Gasteiger partial charge in [-0.2, -0.15) is 0 Å². The number of rotatable bonds is 25. The lowest BCUT2D eigenvalue weighted by Gasteiger charge is -2.24. The highest BCUT2D eigenvalue weighted by molar-refractivity contribution is 5.86. The average Bonchev–Trinajstić information content (AvgIpc) is 3.28. The first-order valence-corrected chi connectivity index (χ1v) is 20.5. The third kappa shape index (κ3) is 15.4. The second kappa shape index (κ2) is 24.5. The van der Waals surface area contributed by atoms with E-state index in [4.69, 9.17) is 14.2 Å². The normalized spacial score (nSPS) is 12.8. The van der Waals surface area contributed by atoms with E-state index in [-0.39, 0.29) is 43.8 Å². The lowest BCUT2D eigenvalue weighted by molar-refractivity contribution is -0.149. The second-order valence-corrected chi connectivity index (χ2v) is 14.9. The number of amides is 2. The molecule has 0 unspecified atom stereocenters. The van der Waals surface area contributed by atoms with Crippen LogP contribution in [0.5, 0.6) is 11.5 Å². The van der Waals surface area contributed by atoms with E-state index in [1.54, 1.807) is 12.2 Å². The van der Waals surface area contributed by atoms with Crippen molar-refractivity contribution in [1.29, 1.82) is 0 Å². The molecule has 0 saturated carbocycles. The summed E-state index contributed by atoms with van der Waals surface area (Å²) in [7, 11) is 0. The van der Waals surface area contributed by atoms with Gasteiger partial charge in [0, 0.05) is 6.42 Å². The Hall–Kier alpha value is -6.45. The zero-order valence-electron chi connectivity index (χ0n) is 34.1. The van der Waals surface area contributed by atoms with Gasteiger partial charge in [-0.1, -0.05) is 127 Å². The number of hydrogen-bond acceptors (Lipinski definition) is 7. The largest absolute Gasteiger partial charge is 0.489 e. The molecule has 5 aromatic carbocycles. The smallest absolute Gasteiger partial charge is 0.309 e. The lowest BCUT2D eigenvalue weighted by Crippen LogP contribution is -2.45. The molecule has 5 rings (SSSR count). The van der Waals surface area contributed by atoms with Gasteiger partial charge in [-0.05, 0) is 84.2 Å². The molecule has 0 aromatic heterocycles. The number of hydrogen-bond donors (Lipinski definition) is 3. The van der Waals surface area contributed by atoms with E-state index in [0.717, 1.165) is 27.8 Å². The van der Waals surface area contributed by atoms with Crippen molar-refractivity contribution in [3.05, 3.63) is 193 Å². The van der Waals surface area contributed by atoms with Gasteiger partial charge >= 0.3 is 5.97 Å². The highest BCUT2D eigenvalue weighted by Gasteiger charge is 2.27. The summed E-state index contributed by atoms with van der Waals surface area (Å²) >= 11 is 0. The molecular weight excluding hydrogens is 753 g/mol. The van der Waals surface area contributed by atoms with Gasteiger partial charge in [0.25, 0.3) is 0 Å².